The number of carbonyl (C=O) groups excluding carboxylic acids is 8. The van der Waals surface area contributed by atoms with Gasteiger partial charge < -0.3 is 39.9 Å². The quantitative estimate of drug-likeness (QED) is 0.0255. The van der Waals surface area contributed by atoms with Gasteiger partial charge in [-0.1, -0.05) is 121 Å². The van der Waals surface area contributed by atoms with E-state index in [0.29, 0.717) is 22.3 Å². The lowest BCUT2D eigenvalue weighted by Gasteiger charge is -2.33. The first-order chi connectivity index (χ1) is 44.6. The predicted molar refractivity (Wildman–Crippen MR) is 340 cm³/mol. The van der Waals surface area contributed by atoms with Crippen LogP contribution in [0.25, 0.3) is 41.1 Å². The minimum atomic E-state index is -2.89. The summed E-state index contributed by atoms with van der Waals surface area (Å²) < 4.78 is 38.6. The van der Waals surface area contributed by atoms with Crippen LogP contribution in [0.3, 0.4) is 0 Å². The van der Waals surface area contributed by atoms with Gasteiger partial charge in [0.25, 0.3) is 0 Å². The Kier molecular flexibility index (Phi) is 14.5. The number of anilines is 2. The number of fused-ring (bicyclic) bond motifs is 11. The van der Waals surface area contributed by atoms with E-state index in [4.69, 9.17) is 39.9 Å². The Labute approximate surface area is 536 Å². The standard InChI is InChI=1S/C70H40N4O14S4/c71-29-39-21-43-44(22-40(39)30-72)56(76)47(55(43)75)23-41-25-51-59(89-41)61-53(69(87-51,65(79)83-31-35-13-5-1-6-14-35)66(80)84-32-36-15-7-2-8-16-36)63-64(91-61)54-62(92-63)60-52(26-42(90-60)24-48-57(77)45-27-49(73)50(74)28-46(45)58(48)78)88-70(54,67(81)85-33-37-17-9-3-10-18-37)68(82)86-34-38-19-11-4-12-20-38/h1-28H,31-34,73-74H2. The molecular weight excluding hydrogens is 1250 g/mol. The van der Waals surface area contributed by atoms with Crippen LogP contribution in [0.4, 0.5) is 11.4 Å². The van der Waals surface area contributed by atoms with Crippen molar-refractivity contribution in [2.45, 2.75) is 37.6 Å². The van der Waals surface area contributed by atoms with Crippen LogP contribution >= 0.6 is 45.3 Å². The zero-order valence-electron chi connectivity index (χ0n) is 47.4. The van der Waals surface area contributed by atoms with E-state index in [1.807, 2.05) is 12.1 Å². The van der Waals surface area contributed by atoms with E-state index in [9.17, 15) is 29.7 Å². The summed E-state index contributed by atoms with van der Waals surface area (Å²) in [7, 11) is 0. The van der Waals surface area contributed by atoms with E-state index in [1.54, 1.807) is 121 Å². The highest BCUT2D eigenvalue weighted by Gasteiger charge is 2.64. The van der Waals surface area contributed by atoms with E-state index >= 15 is 19.2 Å². The maximum absolute atomic E-state index is 15.8. The van der Waals surface area contributed by atoms with Crippen molar-refractivity contribution < 1.29 is 66.8 Å². The molecule has 4 aliphatic rings. The molecule has 2 aliphatic carbocycles. The van der Waals surface area contributed by atoms with Crippen molar-refractivity contribution in [1.29, 1.82) is 10.5 Å². The van der Waals surface area contributed by atoms with Crippen LogP contribution in [0, 0.1) is 22.7 Å². The highest BCUT2D eigenvalue weighted by Crippen LogP contribution is 2.64. The average Bonchev–Trinajstić information content (AvgIpc) is 1.51. The number of benzene rings is 6. The van der Waals surface area contributed by atoms with E-state index < -0.39 is 58.2 Å². The fourth-order valence-corrected chi connectivity index (χ4v) is 16.7. The molecule has 4 aromatic heterocycles. The maximum Gasteiger partial charge on any atom is 0.367 e. The normalized spacial score (nSPS) is 14.2. The monoisotopic (exact) mass is 1290 g/mol. The third kappa shape index (κ3) is 9.55. The number of rotatable bonds is 14. The first kappa shape index (κ1) is 58.3. The lowest BCUT2D eigenvalue weighted by molar-refractivity contribution is -0.184. The third-order valence-electron chi connectivity index (χ3n) is 15.8. The van der Waals surface area contributed by atoms with Crippen LogP contribution in [-0.2, 0) is 75.8 Å². The van der Waals surface area contributed by atoms with Gasteiger partial charge in [-0.25, -0.2) is 19.2 Å². The van der Waals surface area contributed by atoms with Crippen LogP contribution in [0.5, 0.6) is 11.5 Å². The molecule has 0 atom stereocenters. The Bertz CT molecular complexity index is 4840. The minimum absolute atomic E-state index is 0.0432. The first-order valence-corrected chi connectivity index (χ1v) is 31.3. The number of carbonyl (C=O) groups is 8. The van der Waals surface area contributed by atoms with Gasteiger partial charge in [0.2, 0.25) is 0 Å². The van der Waals surface area contributed by atoms with Gasteiger partial charge in [-0.15, -0.1) is 45.3 Å². The van der Waals surface area contributed by atoms with Crippen molar-refractivity contribution in [1.82, 2.24) is 0 Å². The second kappa shape index (κ2) is 22.9. The van der Waals surface area contributed by atoms with E-state index in [0.717, 1.165) is 45.3 Å². The molecule has 92 heavy (non-hydrogen) atoms. The summed E-state index contributed by atoms with van der Waals surface area (Å²) in [6.45, 7) is -1.47. The van der Waals surface area contributed by atoms with Gasteiger partial charge in [-0.05, 0) is 70.8 Å². The Hall–Kier alpha value is -11.4. The van der Waals surface area contributed by atoms with Crippen LogP contribution in [0.2, 0.25) is 0 Å². The largest absolute Gasteiger partial charge is 0.458 e. The summed E-state index contributed by atoms with van der Waals surface area (Å²) in [5, 5.41) is 19.6. The molecule has 6 aromatic carbocycles. The number of ether oxygens (including phenoxy) is 6. The molecule has 2 aliphatic heterocycles. The number of nitrogen functional groups attached to an aromatic ring is 2. The number of thiophene rings is 4. The lowest BCUT2D eigenvalue weighted by atomic mass is 9.88. The van der Waals surface area contributed by atoms with Crippen LogP contribution in [0.15, 0.2) is 169 Å². The third-order valence-corrected chi connectivity index (χ3v) is 20.8. The molecule has 0 fully saturated rings. The van der Waals surface area contributed by atoms with Crippen molar-refractivity contribution in [3.05, 3.63) is 245 Å². The summed E-state index contributed by atoms with van der Waals surface area (Å²) in [5.41, 5.74) is 7.66. The second-order valence-electron chi connectivity index (χ2n) is 21.4. The molecule has 0 bridgehead atoms. The van der Waals surface area contributed by atoms with Gasteiger partial charge in [0, 0.05) is 32.0 Å². The smallest absolute Gasteiger partial charge is 0.367 e. The van der Waals surface area contributed by atoms with Crippen molar-refractivity contribution in [3.63, 3.8) is 0 Å². The topological polar surface area (TPSA) is 292 Å². The Balaban J connectivity index is 1.01. The predicted octanol–water partition coefficient (Wildman–Crippen LogP) is 12.4. The van der Waals surface area contributed by atoms with Crippen molar-refractivity contribution >= 4 is 125 Å². The van der Waals surface area contributed by atoms with Gasteiger partial charge in [0.15, 0.2) is 23.1 Å². The number of ketones is 4. The zero-order valence-corrected chi connectivity index (χ0v) is 50.7. The van der Waals surface area contributed by atoms with Crippen LogP contribution in [0.1, 0.15) is 95.7 Å². The number of esters is 4. The summed E-state index contributed by atoms with van der Waals surface area (Å²) in [5.74, 6) is -7.85. The van der Waals surface area contributed by atoms with Gasteiger partial charge in [-0.3, -0.25) is 19.2 Å². The van der Waals surface area contributed by atoms with Gasteiger partial charge in [0.05, 0.1) is 73.7 Å². The molecule has 6 heterocycles. The SMILES string of the molecule is N#Cc1cc2c(cc1C#N)C(=O)C(=Cc1cc3c(s1)-c1sc4c5c(sc4c1C(C(=O)OCc1ccccc1)(C(=O)OCc1ccccc1)O3)-c1sc(C=C3C(=O)c4cc(N)c(N)cc4C3=O)cc1OC5(C(=O)OCc1ccccc1)C(=O)OCc1ccccc1)C2=O. The second-order valence-corrected chi connectivity index (χ2v) is 25.6. The van der Waals surface area contributed by atoms with Gasteiger partial charge in [-0.2, -0.15) is 10.5 Å². The van der Waals surface area contributed by atoms with E-state index in [-0.39, 0.29) is 144 Å². The van der Waals surface area contributed by atoms with Crippen LogP contribution in [-0.4, -0.2) is 47.0 Å². The van der Waals surface area contributed by atoms with Crippen molar-refractivity contribution in [2.24, 2.45) is 0 Å². The van der Waals surface area contributed by atoms with E-state index in [1.165, 1.54) is 48.6 Å². The highest BCUT2D eigenvalue weighted by atomic mass is 32.1. The lowest BCUT2D eigenvalue weighted by Crippen LogP contribution is -2.52. The molecule has 0 unspecified atom stereocenters. The summed E-state index contributed by atoms with van der Waals surface area (Å²) in [4.78, 5) is 121. The number of hydrogen-bond donors (Lipinski definition) is 2. The number of nitrogens with two attached hydrogens (primary N) is 2. The van der Waals surface area contributed by atoms with Crippen molar-refractivity contribution in [2.75, 3.05) is 11.5 Å². The fraction of sp³-hybridized carbons (Fsp3) is 0.0857. The van der Waals surface area contributed by atoms with Gasteiger partial charge in [0.1, 0.15) is 50.1 Å². The maximum atomic E-state index is 15.8. The molecule has 0 radical (unpaired) electrons. The number of nitriles is 2. The summed E-state index contributed by atoms with van der Waals surface area (Å²) in [6, 6.07) is 46.4. The molecule has 0 saturated carbocycles. The number of Topliss-reactive ketones (excluding diaryl/α,β-unsaturated/α-hetero) is 4. The molecule has 0 amide bonds. The molecule has 18 nitrogen and oxygen atoms in total. The Morgan fingerprint density at radius 1 is 0.424 bits per heavy atom. The summed E-state index contributed by atoms with van der Waals surface area (Å²) >= 11 is 3.95. The first-order valence-electron chi connectivity index (χ1n) is 28.0. The average molecular weight is 1290 g/mol. The molecule has 4 N–H and O–H groups in total. The Morgan fingerprint density at radius 2 is 0.717 bits per heavy atom. The molecule has 0 saturated heterocycles. The van der Waals surface area contributed by atoms with Gasteiger partial charge >= 0.3 is 35.1 Å². The molecule has 10 aromatic rings. The molecular formula is C70H40N4O14S4. The highest BCUT2D eigenvalue weighted by molar-refractivity contribution is 7.34. The summed E-state index contributed by atoms with van der Waals surface area (Å²) in [6.07, 6.45) is 2.67. The number of allylic oxidation sites excluding steroid dienone is 2. The zero-order chi connectivity index (χ0) is 63.7. The molecule has 0 spiro atoms. The molecule has 22 heteroatoms. The van der Waals surface area contributed by atoms with Crippen LogP contribution < -0.4 is 20.9 Å². The number of nitrogens with zero attached hydrogens (tertiary/aromatic N) is 2. The fourth-order valence-electron chi connectivity index (χ4n) is 11.3. The molecule has 448 valence electrons. The molecule has 14 rings (SSSR count). The number of hydrogen-bond acceptors (Lipinski definition) is 22. The Morgan fingerprint density at radius 3 is 1.01 bits per heavy atom. The minimum Gasteiger partial charge on any atom is -0.458 e. The van der Waals surface area contributed by atoms with E-state index in [2.05, 4.69) is 0 Å². The van der Waals surface area contributed by atoms with Crippen molar-refractivity contribution in [3.8, 4) is 43.1 Å².